The largest absolute Gasteiger partial charge is 0.328 e. The molecule has 0 amide bonds. The van der Waals surface area contributed by atoms with E-state index >= 15 is 0 Å². The van der Waals surface area contributed by atoms with Gasteiger partial charge in [-0.25, -0.2) is 9.07 Å². The molecule has 0 radical (unpaired) electrons. The van der Waals surface area contributed by atoms with Gasteiger partial charge in [-0.05, 0) is 44.9 Å². The van der Waals surface area contributed by atoms with Crippen molar-refractivity contribution in [2.45, 2.75) is 33.2 Å². The number of nitrogens with zero attached hydrogens (tertiary/aromatic N) is 2. The Kier molecular flexibility index (Phi) is 3.92. The number of aryl methyl sites for hydroxylation is 1. The molecule has 0 spiro atoms. The lowest BCUT2D eigenvalue weighted by Gasteiger charge is -2.09. The standard InChI is InChI=1S/C14H17ClFN3/c1-8(17)6-11-4-5-13(12(16)7-11)19-10(3)14(15)9(2)18-19/h4-5,7-8H,6,17H2,1-3H3. The summed E-state index contributed by atoms with van der Waals surface area (Å²) in [5.41, 5.74) is 8.42. The highest BCUT2D eigenvalue weighted by Crippen LogP contribution is 2.24. The molecule has 0 aliphatic heterocycles. The fourth-order valence-corrected chi connectivity index (χ4v) is 2.20. The molecular formula is C14H17ClFN3. The molecule has 2 N–H and O–H groups in total. The van der Waals surface area contributed by atoms with Crippen molar-refractivity contribution >= 4 is 11.6 Å². The van der Waals surface area contributed by atoms with Crippen LogP contribution in [-0.4, -0.2) is 15.8 Å². The molecule has 0 aliphatic rings. The first-order chi connectivity index (χ1) is 8.90. The molecule has 3 nitrogen and oxygen atoms in total. The minimum Gasteiger partial charge on any atom is -0.328 e. The Bertz CT molecular complexity index is 605. The predicted molar refractivity (Wildman–Crippen MR) is 75.4 cm³/mol. The van der Waals surface area contributed by atoms with E-state index in [0.29, 0.717) is 22.8 Å². The molecule has 1 heterocycles. The molecule has 0 fully saturated rings. The van der Waals surface area contributed by atoms with Gasteiger partial charge in [0.15, 0.2) is 0 Å². The number of rotatable bonds is 3. The van der Waals surface area contributed by atoms with Crippen LogP contribution in [0.3, 0.4) is 0 Å². The lowest BCUT2D eigenvalue weighted by atomic mass is 10.1. The van der Waals surface area contributed by atoms with Gasteiger partial charge < -0.3 is 5.73 Å². The number of nitrogens with two attached hydrogens (primary N) is 1. The summed E-state index contributed by atoms with van der Waals surface area (Å²) >= 11 is 6.08. The minimum absolute atomic E-state index is 0.00776. The van der Waals surface area contributed by atoms with E-state index in [1.165, 1.54) is 10.7 Å². The van der Waals surface area contributed by atoms with Gasteiger partial charge in [0.05, 0.1) is 16.4 Å². The third kappa shape index (κ3) is 2.80. The second-order valence-corrected chi connectivity index (χ2v) is 5.24. The van der Waals surface area contributed by atoms with Crippen LogP contribution in [0.2, 0.25) is 5.02 Å². The highest BCUT2D eigenvalue weighted by atomic mass is 35.5. The molecule has 5 heteroatoms. The van der Waals surface area contributed by atoms with Crippen molar-refractivity contribution in [3.63, 3.8) is 0 Å². The normalized spacial score (nSPS) is 12.7. The molecule has 1 unspecified atom stereocenters. The summed E-state index contributed by atoms with van der Waals surface area (Å²) in [4.78, 5) is 0. The van der Waals surface area contributed by atoms with Crippen molar-refractivity contribution in [3.8, 4) is 5.69 Å². The van der Waals surface area contributed by atoms with Crippen molar-refractivity contribution in [1.82, 2.24) is 9.78 Å². The van der Waals surface area contributed by atoms with Gasteiger partial charge in [-0.15, -0.1) is 0 Å². The SMILES string of the molecule is Cc1nn(-c2ccc(CC(C)N)cc2F)c(C)c1Cl. The molecule has 1 atom stereocenters. The van der Waals surface area contributed by atoms with Gasteiger partial charge in [0.25, 0.3) is 0 Å². The molecule has 102 valence electrons. The van der Waals surface area contributed by atoms with Crippen LogP contribution in [0.5, 0.6) is 0 Å². The topological polar surface area (TPSA) is 43.8 Å². The van der Waals surface area contributed by atoms with Gasteiger partial charge in [0.1, 0.15) is 11.5 Å². The average molecular weight is 282 g/mol. The minimum atomic E-state index is -0.319. The Morgan fingerprint density at radius 2 is 2.11 bits per heavy atom. The molecule has 2 rings (SSSR count). The van der Waals surface area contributed by atoms with Crippen LogP contribution in [0, 0.1) is 19.7 Å². The lowest BCUT2D eigenvalue weighted by Crippen LogP contribution is -2.18. The zero-order valence-corrected chi connectivity index (χ0v) is 12.0. The third-order valence-electron chi connectivity index (χ3n) is 3.00. The molecule has 0 saturated heterocycles. The van der Waals surface area contributed by atoms with Crippen LogP contribution < -0.4 is 5.73 Å². The summed E-state index contributed by atoms with van der Waals surface area (Å²) in [7, 11) is 0. The fraction of sp³-hybridized carbons (Fsp3) is 0.357. The zero-order valence-electron chi connectivity index (χ0n) is 11.2. The van der Waals surface area contributed by atoms with Gasteiger partial charge in [-0.3, -0.25) is 0 Å². The Balaban J connectivity index is 2.43. The second-order valence-electron chi connectivity index (χ2n) is 4.86. The highest BCUT2D eigenvalue weighted by Gasteiger charge is 2.14. The quantitative estimate of drug-likeness (QED) is 0.939. The van der Waals surface area contributed by atoms with Crippen molar-refractivity contribution in [1.29, 1.82) is 0 Å². The lowest BCUT2D eigenvalue weighted by molar-refractivity contribution is 0.603. The Morgan fingerprint density at radius 3 is 2.58 bits per heavy atom. The molecule has 0 saturated carbocycles. The van der Waals surface area contributed by atoms with Gasteiger partial charge >= 0.3 is 0 Å². The van der Waals surface area contributed by atoms with Crippen LogP contribution in [0.15, 0.2) is 18.2 Å². The molecular weight excluding hydrogens is 265 g/mol. The number of hydrogen-bond acceptors (Lipinski definition) is 2. The first-order valence-electron chi connectivity index (χ1n) is 6.16. The maximum absolute atomic E-state index is 14.2. The predicted octanol–water partition coefficient (Wildman–Crippen LogP) is 3.17. The van der Waals surface area contributed by atoms with E-state index in [2.05, 4.69) is 5.10 Å². The Hall–Kier alpha value is -1.39. The summed E-state index contributed by atoms with van der Waals surface area (Å²) in [6.45, 7) is 5.51. The van der Waals surface area contributed by atoms with Crippen LogP contribution in [-0.2, 0) is 6.42 Å². The third-order valence-corrected chi connectivity index (χ3v) is 3.55. The maximum Gasteiger partial charge on any atom is 0.149 e. The van der Waals surface area contributed by atoms with Gasteiger partial charge in [0, 0.05) is 6.04 Å². The average Bonchev–Trinajstić information content (AvgIpc) is 2.56. The molecule has 2 aromatic rings. The molecule has 19 heavy (non-hydrogen) atoms. The molecule has 1 aromatic carbocycles. The smallest absolute Gasteiger partial charge is 0.149 e. The van der Waals surface area contributed by atoms with Crippen LogP contribution in [0.25, 0.3) is 5.69 Å². The van der Waals surface area contributed by atoms with E-state index < -0.39 is 0 Å². The number of halogens is 2. The van der Waals surface area contributed by atoms with Crippen molar-refractivity contribution < 1.29 is 4.39 Å². The van der Waals surface area contributed by atoms with E-state index in [4.69, 9.17) is 17.3 Å². The van der Waals surface area contributed by atoms with Gasteiger partial charge in [-0.1, -0.05) is 17.7 Å². The van der Waals surface area contributed by atoms with Gasteiger partial charge in [-0.2, -0.15) is 5.10 Å². The summed E-state index contributed by atoms with van der Waals surface area (Å²) in [6.07, 6.45) is 0.648. The number of benzene rings is 1. The molecule has 0 bridgehead atoms. The molecule has 0 aliphatic carbocycles. The first-order valence-corrected chi connectivity index (χ1v) is 6.54. The van der Waals surface area contributed by atoms with Crippen LogP contribution >= 0.6 is 11.6 Å². The van der Waals surface area contributed by atoms with Crippen LogP contribution in [0.4, 0.5) is 4.39 Å². The van der Waals surface area contributed by atoms with Gasteiger partial charge in [0.2, 0.25) is 0 Å². The zero-order chi connectivity index (χ0) is 14.2. The summed E-state index contributed by atoms with van der Waals surface area (Å²) in [5, 5.41) is 4.82. The van der Waals surface area contributed by atoms with Crippen molar-refractivity contribution in [3.05, 3.63) is 46.0 Å². The van der Waals surface area contributed by atoms with Crippen molar-refractivity contribution in [2.24, 2.45) is 5.73 Å². The van der Waals surface area contributed by atoms with E-state index in [1.807, 2.05) is 19.9 Å². The second kappa shape index (κ2) is 5.31. The van der Waals surface area contributed by atoms with E-state index in [9.17, 15) is 4.39 Å². The number of hydrogen-bond donors (Lipinski definition) is 1. The number of aromatic nitrogens is 2. The Morgan fingerprint density at radius 1 is 1.42 bits per heavy atom. The highest BCUT2D eigenvalue weighted by molar-refractivity contribution is 6.31. The summed E-state index contributed by atoms with van der Waals surface area (Å²) < 4.78 is 15.7. The fourth-order valence-electron chi connectivity index (χ4n) is 2.08. The maximum atomic E-state index is 14.2. The van der Waals surface area contributed by atoms with Crippen LogP contribution in [0.1, 0.15) is 23.9 Å². The molecule has 1 aromatic heterocycles. The summed E-state index contributed by atoms with van der Waals surface area (Å²) in [5.74, 6) is -0.319. The first kappa shape index (κ1) is 14.0. The Labute approximate surface area is 117 Å². The monoisotopic (exact) mass is 281 g/mol. The van der Waals surface area contributed by atoms with Crippen molar-refractivity contribution in [2.75, 3.05) is 0 Å². The van der Waals surface area contributed by atoms with E-state index in [0.717, 1.165) is 11.3 Å². The summed E-state index contributed by atoms with van der Waals surface area (Å²) in [6, 6.07) is 5.09. The van der Waals surface area contributed by atoms with E-state index in [1.54, 1.807) is 13.0 Å². The van der Waals surface area contributed by atoms with E-state index in [-0.39, 0.29) is 11.9 Å².